The van der Waals surface area contributed by atoms with Gasteiger partial charge in [-0.1, -0.05) is 84.9 Å². The van der Waals surface area contributed by atoms with Crippen LogP contribution in [0.3, 0.4) is 0 Å². The predicted octanol–water partition coefficient (Wildman–Crippen LogP) is 11.6. The van der Waals surface area contributed by atoms with Gasteiger partial charge >= 0.3 is 0 Å². The molecule has 3 heteroatoms. The summed E-state index contributed by atoms with van der Waals surface area (Å²) in [4.78, 5) is 2.33. The van der Waals surface area contributed by atoms with Crippen LogP contribution in [0.2, 0.25) is 0 Å². The number of rotatable bonds is 4. The standard InChI is InChI=1S/C36H23NS2/c1-3-10-25(11-4-1)37(26-12-5-2-6-13-26)27-19-21-34-32(23-27)30-20-18-24(22-35(30)38-34)28-15-9-16-31-29-14-7-8-17-33(29)39-36(28)31/h1-23H. The molecule has 0 saturated heterocycles. The molecule has 0 bridgehead atoms. The Morgan fingerprint density at radius 3 is 1.85 bits per heavy atom. The Hall–Kier alpha value is -4.44. The maximum atomic E-state index is 2.38. The zero-order valence-corrected chi connectivity index (χ0v) is 22.7. The van der Waals surface area contributed by atoms with Crippen molar-refractivity contribution in [1.82, 2.24) is 0 Å². The highest BCUT2D eigenvalue weighted by molar-refractivity contribution is 7.26. The Morgan fingerprint density at radius 2 is 1.05 bits per heavy atom. The van der Waals surface area contributed by atoms with E-state index in [4.69, 9.17) is 0 Å². The van der Waals surface area contributed by atoms with Gasteiger partial charge in [-0.05, 0) is 65.7 Å². The van der Waals surface area contributed by atoms with E-state index < -0.39 is 0 Å². The highest BCUT2D eigenvalue weighted by atomic mass is 32.1. The van der Waals surface area contributed by atoms with E-state index in [1.54, 1.807) is 0 Å². The summed E-state index contributed by atoms with van der Waals surface area (Å²) in [7, 11) is 0. The van der Waals surface area contributed by atoms with Crippen molar-refractivity contribution in [3.05, 3.63) is 140 Å². The second kappa shape index (κ2) is 9.09. The van der Waals surface area contributed by atoms with Crippen LogP contribution in [-0.2, 0) is 0 Å². The van der Waals surface area contributed by atoms with Crippen molar-refractivity contribution in [2.75, 3.05) is 4.90 Å². The zero-order valence-electron chi connectivity index (χ0n) is 21.0. The second-order valence-corrected chi connectivity index (χ2v) is 11.9. The van der Waals surface area contributed by atoms with Gasteiger partial charge in [-0.2, -0.15) is 0 Å². The Balaban J connectivity index is 1.28. The Bertz CT molecular complexity index is 2080. The molecule has 2 heterocycles. The molecule has 0 unspecified atom stereocenters. The van der Waals surface area contributed by atoms with Gasteiger partial charge in [0.15, 0.2) is 0 Å². The van der Waals surface area contributed by atoms with Gasteiger partial charge in [0, 0.05) is 57.4 Å². The van der Waals surface area contributed by atoms with E-state index >= 15 is 0 Å². The summed E-state index contributed by atoms with van der Waals surface area (Å²) >= 11 is 3.77. The highest BCUT2D eigenvalue weighted by Gasteiger charge is 2.15. The van der Waals surface area contributed by atoms with Gasteiger partial charge in [-0.3, -0.25) is 0 Å². The maximum absolute atomic E-state index is 2.38. The van der Waals surface area contributed by atoms with Crippen molar-refractivity contribution in [3.8, 4) is 11.1 Å². The van der Waals surface area contributed by atoms with Crippen LogP contribution in [0.15, 0.2) is 140 Å². The molecule has 6 aromatic carbocycles. The molecule has 1 nitrogen and oxygen atoms in total. The molecular formula is C36H23NS2. The number of hydrogen-bond acceptors (Lipinski definition) is 3. The summed E-state index contributed by atoms with van der Waals surface area (Å²) in [6.45, 7) is 0. The lowest BCUT2D eigenvalue weighted by molar-refractivity contribution is 1.29. The van der Waals surface area contributed by atoms with E-state index in [0.717, 1.165) is 11.4 Å². The minimum absolute atomic E-state index is 1.15. The average Bonchev–Trinajstić information content (AvgIpc) is 3.56. The average molecular weight is 534 g/mol. The first-order valence-electron chi connectivity index (χ1n) is 13.1. The summed E-state index contributed by atoms with van der Waals surface area (Å²) in [5.74, 6) is 0. The molecule has 0 fully saturated rings. The second-order valence-electron chi connectivity index (χ2n) is 9.78. The third kappa shape index (κ3) is 3.74. The minimum atomic E-state index is 1.15. The lowest BCUT2D eigenvalue weighted by Crippen LogP contribution is -2.09. The molecule has 184 valence electrons. The number of benzene rings is 6. The molecular weight excluding hydrogens is 511 g/mol. The van der Waals surface area contributed by atoms with Crippen LogP contribution in [0.4, 0.5) is 17.1 Å². The van der Waals surface area contributed by atoms with E-state index in [0.29, 0.717) is 0 Å². The minimum Gasteiger partial charge on any atom is -0.310 e. The van der Waals surface area contributed by atoms with Crippen LogP contribution in [0.25, 0.3) is 51.5 Å². The van der Waals surface area contributed by atoms with Gasteiger partial charge in [-0.15, -0.1) is 22.7 Å². The molecule has 2 aromatic heterocycles. The smallest absolute Gasteiger partial charge is 0.0468 e. The van der Waals surface area contributed by atoms with Crippen molar-refractivity contribution >= 4 is 80.1 Å². The number of hydrogen-bond donors (Lipinski definition) is 0. The van der Waals surface area contributed by atoms with Crippen molar-refractivity contribution in [2.45, 2.75) is 0 Å². The van der Waals surface area contributed by atoms with E-state index in [9.17, 15) is 0 Å². The molecule has 0 N–H and O–H groups in total. The van der Waals surface area contributed by atoms with Crippen LogP contribution in [0.1, 0.15) is 0 Å². The first-order chi connectivity index (χ1) is 19.3. The number of thiophene rings is 2. The molecule has 0 amide bonds. The van der Waals surface area contributed by atoms with Gasteiger partial charge in [-0.25, -0.2) is 0 Å². The van der Waals surface area contributed by atoms with Crippen molar-refractivity contribution in [3.63, 3.8) is 0 Å². The summed E-state index contributed by atoms with van der Waals surface area (Å²) < 4.78 is 5.34. The normalized spacial score (nSPS) is 11.6. The number of anilines is 3. The quantitative estimate of drug-likeness (QED) is 0.217. The molecule has 8 rings (SSSR count). The monoisotopic (exact) mass is 533 g/mol. The SMILES string of the molecule is c1ccc(N(c2ccccc2)c2ccc3sc4cc(-c5cccc6c5sc5ccccc56)ccc4c3c2)cc1. The van der Waals surface area contributed by atoms with Gasteiger partial charge in [0.25, 0.3) is 0 Å². The van der Waals surface area contributed by atoms with E-state index in [-0.39, 0.29) is 0 Å². The fraction of sp³-hybridized carbons (Fsp3) is 0. The third-order valence-electron chi connectivity index (χ3n) is 7.46. The van der Waals surface area contributed by atoms with Crippen molar-refractivity contribution in [2.24, 2.45) is 0 Å². The summed E-state index contributed by atoms with van der Waals surface area (Å²) in [5.41, 5.74) is 6.07. The first kappa shape index (κ1) is 22.5. The highest BCUT2D eigenvalue weighted by Crippen LogP contribution is 2.44. The molecule has 0 aliphatic rings. The summed E-state index contributed by atoms with van der Waals surface area (Å²) in [6, 6.07) is 50.5. The Labute approximate surface area is 234 Å². The molecule has 0 atom stereocenters. The van der Waals surface area contributed by atoms with Crippen LogP contribution in [-0.4, -0.2) is 0 Å². The van der Waals surface area contributed by atoms with Crippen LogP contribution in [0, 0.1) is 0 Å². The lowest BCUT2D eigenvalue weighted by Gasteiger charge is -2.25. The van der Waals surface area contributed by atoms with Gasteiger partial charge in [0.1, 0.15) is 0 Å². The molecule has 0 aliphatic heterocycles. The van der Waals surface area contributed by atoms with Crippen molar-refractivity contribution in [1.29, 1.82) is 0 Å². The van der Waals surface area contributed by atoms with Crippen LogP contribution < -0.4 is 4.90 Å². The van der Waals surface area contributed by atoms with Gasteiger partial charge in [0.05, 0.1) is 0 Å². The fourth-order valence-corrected chi connectivity index (χ4v) is 8.01. The molecule has 39 heavy (non-hydrogen) atoms. The largest absolute Gasteiger partial charge is 0.310 e. The van der Waals surface area contributed by atoms with Crippen LogP contribution in [0.5, 0.6) is 0 Å². The van der Waals surface area contributed by atoms with Gasteiger partial charge < -0.3 is 4.90 Å². The number of nitrogens with zero attached hydrogens (tertiary/aromatic N) is 1. The first-order valence-corrected chi connectivity index (χ1v) is 14.7. The molecule has 8 aromatic rings. The Kier molecular flexibility index (Phi) is 5.25. The van der Waals surface area contributed by atoms with Gasteiger partial charge in [0.2, 0.25) is 0 Å². The molecule has 0 aliphatic carbocycles. The zero-order chi connectivity index (χ0) is 25.8. The number of para-hydroxylation sites is 2. The lowest BCUT2D eigenvalue weighted by atomic mass is 10.0. The molecule has 0 spiro atoms. The number of fused-ring (bicyclic) bond motifs is 6. The topological polar surface area (TPSA) is 3.24 Å². The molecule has 0 saturated carbocycles. The van der Waals surface area contributed by atoms with Crippen molar-refractivity contribution < 1.29 is 0 Å². The summed E-state index contributed by atoms with van der Waals surface area (Å²) in [5, 5.41) is 5.30. The van der Waals surface area contributed by atoms with E-state index in [1.165, 1.54) is 57.2 Å². The molecule has 0 radical (unpaired) electrons. The summed E-state index contributed by atoms with van der Waals surface area (Å²) in [6.07, 6.45) is 0. The predicted molar refractivity (Wildman–Crippen MR) is 172 cm³/mol. The van der Waals surface area contributed by atoms with E-state index in [1.807, 2.05) is 22.7 Å². The fourth-order valence-electron chi connectivity index (χ4n) is 5.65. The third-order valence-corrected chi connectivity index (χ3v) is 9.81. The maximum Gasteiger partial charge on any atom is 0.0468 e. The van der Waals surface area contributed by atoms with Crippen LogP contribution >= 0.6 is 22.7 Å². The van der Waals surface area contributed by atoms with E-state index in [2.05, 4.69) is 144 Å². The Morgan fingerprint density at radius 1 is 0.385 bits per heavy atom.